The first-order chi connectivity index (χ1) is 18.6. The Morgan fingerprint density at radius 3 is 2.79 bits per heavy atom. The number of anilines is 1. The van der Waals surface area contributed by atoms with E-state index in [-0.39, 0.29) is 11.9 Å². The molecule has 2 aliphatic rings. The van der Waals surface area contributed by atoms with Crippen LogP contribution in [0.4, 0.5) is 5.82 Å². The van der Waals surface area contributed by atoms with Crippen LogP contribution < -0.4 is 20.3 Å². The second kappa shape index (κ2) is 10.4. The fourth-order valence-corrected chi connectivity index (χ4v) is 5.55. The van der Waals surface area contributed by atoms with Gasteiger partial charge in [-0.1, -0.05) is 6.07 Å². The molecule has 1 saturated heterocycles. The molecule has 2 aliphatic heterocycles. The van der Waals surface area contributed by atoms with Gasteiger partial charge < -0.3 is 20.3 Å². The predicted molar refractivity (Wildman–Crippen MR) is 149 cm³/mol. The van der Waals surface area contributed by atoms with Gasteiger partial charge in [-0.05, 0) is 85.3 Å². The van der Waals surface area contributed by atoms with Crippen LogP contribution in [0, 0.1) is 6.92 Å². The number of pyridine rings is 1. The van der Waals surface area contributed by atoms with Crippen molar-refractivity contribution >= 4 is 22.6 Å². The molecule has 1 atom stereocenters. The highest BCUT2D eigenvalue weighted by Crippen LogP contribution is 2.33. The average molecular weight is 509 g/mol. The van der Waals surface area contributed by atoms with E-state index in [0.717, 1.165) is 72.3 Å². The number of ether oxygens (including phenoxy) is 1. The minimum Gasteiger partial charge on any atom is -0.481 e. The SMILES string of the molecule is COc1ccc(-c2cc(C)c3ncnc(N4CCc5ccc(C(=O)N[C@@H]6CCCNC6)cc5C4)c3c2)cn1. The van der Waals surface area contributed by atoms with Gasteiger partial charge in [0.25, 0.3) is 5.91 Å². The molecule has 2 aromatic heterocycles. The Morgan fingerprint density at radius 2 is 2.00 bits per heavy atom. The molecule has 4 aromatic rings. The molecule has 8 nitrogen and oxygen atoms in total. The van der Waals surface area contributed by atoms with Crippen LogP contribution in [0.2, 0.25) is 0 Å². The van der Waals surface area contributed by atoms with Crippen molar-refractivity contribution in [2.75, 3.05) is 31.6 Å². The van der Waals surface area contributed by atoms with E-state index < -0.39 is 0 Å². The lowest BCUT2D eigenvalue weighted by Gasteiger charge is -2.31. The normalized spacial score (nSPS) is 17.2. The van der Waals surface area contributed by atoms with Crippen LogP contribution >= 0.6 is 0 Å². The number of methoxy groups -OCH3 is 1. The van der Waals surface area contributed by atoms with Crippen molar-refractivity contribution in [2.45, 2.75) is 38.8 Å². The van der Waals surface area contributed by atoms with Crippen molar-refractivity contribution in [1.29, 1.82) is 0 Å². The maximum absolute atomic E-state index is 13.0. The van der Waals surface area contributed by atoms with Gasteiger partial charge in [0.15, 0.2) is 0 Å². The van der Waals surface area contributed by atoms with Gasteiger partial charge in [-0.2, -0.15) is 0 Å². The molecule has 1 fully saturated rings. The Kier molecular flexibility index (Phi) is 6.64. The van der Waals surface area contributed by atoms with E-state index in [9.17, 15) is 4.79 Å². The molecule has 8 heteroatoms. The van der Waals surface area contributed by atoms with E-state index in [1.54, 1.807) is 13.4 Å². The van der Waals surface area contributed by atoms with Gasteiger partial charge in [-0.15, -0.1) is 0 Å². The molecule has 2 N–H and O–H groups in total. The lowest BCUT2D eigenvalue weighted by molar-refractivity contribution is 0.0930. The van der Waals surface area contributed by atoms with Crippen molar-refractivity contribution < 1.29 is 9.53 Å². The third-order valence-corrected chi connectivity index (χ3v) is 7.60. The van der Waals surface area contributed by atoms with Crippen molar-refractivity contribution in [3.05, 3.63) is 77.2 Å². The van der Waals surface area contributed by atoms with Crippen molar-refractivity contribution in [1.82, 2.24) is 25.6 Å². The fraction of sp³-hybridized carbons (Fsp3) is 0.333. The largest absolute Gasteiger partial charge is 0.481 e. The number of hydrogen-bond donors (Lipinski definition) is 2. The second-order valence-corrected chi connectivity index (χ2v) is 10.1. The summed E-state index contributed by atoms with van der Waals surface area (Å²) in [5, 5.41) is 7.57. The van der Waals surface area contributed by atoms with Gasteiger partial charge in [0.1, 0.15) is 12.1 Å². The molecule has 1 amide bonds. The molecule has 4 heterocycles. The van der Waals surface area contributed by atoms with Crippen LogP contribution in [-0.4, -0.2) is 53.6 Å². The van der Waals surface area contributed by atoms with Crippen LogP contribution in [0.3, 0.4) is 0 Å². The second-order valence-electron chi connectivity index (χ2n) is 10.1. The van der Waals surface area contributed by atoms with Crippen LogP contribution in [0.5, 0.6) is 5.88 Å². The monoisotopic (exact) mass is 508 g/mol. The van der Waals surface area contributed by atoms with Gasteiger partial charge in [-0.25, -0.2) is 15.0 Å². The van der Waals surface area contributed by atoms with Crippen LogP contribution in [0.25, 0.3) is 22.0 Å². The summed E-state index contributed by atoms with van der Waals surface area (Å²) in [6.07, 6.45) is 6.49. The summed E-state index contributed by atoms with van der Waals surface area (Å²) < 4.78 is 5.22. The highest BCUT2D eigenvalue weighted by atomic mass is 16.5. The zero-order valence-electron chi connectivity index (χ0n) is 21.8. The summed E-state index contributed by atoms with van der Waals surface area (Å²) in [6.45, 7) is 5.49. The van der Waals surface area contributed by atoms with Gasteiger partial charge in [0, 0.05) is 54.5 Å². The standard InChI is InChI=1S/C30H32N6O2/c1-19-12-23(22-7-8-27(38-2)32-15-22)14-26-28(19)33-18-34-29(26)36-11-9-20-5-6-21(13-24(20)17-36)30(37)35-25-4-3-10-31-16-25/h5-8,12-15,18,25,31H,3-4,9-11,16-17H2,1-2H3,(H,35,37)/t25-/m1/s1. The minimum atomic E-state index is -0.000484. The third kappa shape index (κ3) is 4.79. The van der Waals surface area contributed by atoms with E-state index >= 15 is 0 Å². The van der Waals surface area contributed by atoms with Gasteiger partial charge >= 0.3 is 0 Å². The smallest absolute Gasteiger partial charge is 0.251 e. The maximum atomic E-state index is 13.0. The summed E-state index contributed by atoms with van der Waals surface area (Å²) in [5.41, 5.74) is 7.29. The summed E-state index contributed by atoms with van der Waals surface area (Å²) in [4.78, 5) is 29.0. The number of aromatic nitrogens is 3. The number of carbonyl (C=O) groups is 1. The molecule has 38 heavy (non-hydrogen) atoms. The van der Waals surface area contributed by atoms with E-state index in [0.29, 0.717) is 18.0 Å². The summed E-state index contributed by atoms with van der Waals surface area (Å²) in [6, 6.07) is 14.5. The lowest BCUT2D eigenvalue weighted by Crippen LogP contribution is -2.45. The van der Waals surface area contributed by atoms with Crippen LogP contribution in [0.1, 0.15) is 39.9 Å². The molecule has 0 saturated carbocycles. The Labute approximate surface area is 222 Å². The summed E-state index contributed by atoms with van der Waals surface area (Å²) >= 11 is 0. The van der Waals surface area contributed by atoms with Crippen molar-refractivity contribution in [3.8, 4) is 17.0 Å². The molecule has 2 aromatic carbocycles. The van der Waals surface area contributed by atoms with Gasteiger partial charge in [0.05, 0.1) is 12.6 Å². The zero-order chi connectivity index (χ0) is 26.1. The topological polar surface area (TPSA) is 92.3 Å². The van der Waals surface area contributed by atoms with Crippen LogP contribution in [-0.2, 0) is 13.0 Å². The Bertz CT molecular complexity index is 1480. The van der Waals surface area contributed by atoms with E-state index in [2.05, 4.69) is 56.7 Å². The molecule has 194 valence electrons. The van der Waals surface area contributed by atoms with Gasteiger partial charge in [0.2, 0.25) is 5.88 Å². The fourth-order valence-electron chi connectivity index (χ4n) is 5.55. The summed E-state index contributed by atoms with van der Waals surface area (Å²) in [5.74, 6) is 1.50. The van der Waals surface area contributed by atoms with Crippen molar-refractivity contribution in [2.24, 2.45) is 0 Å². The molecule has 0 radical (unpaired) electrons. The number of amides is 1. The number of piperidine rings is 1. The van der Waals surface area contributed by atoms with E-state index in [4.69, 9.17) is 9.72 Å². The number of rotatable bonds is 5. The van der Waals surface area contributed by atoms with E-state index in [1.165, 1.54) is 11.1 Å². The van der Waals surface area contributed by atoms with Crippen molar-refractivity contribution in [3.63, 3.8) is 0 Å². The number of nitrogens with zero attached hydrogens (tertiary/aromatic N) is 4. The molecule has 6 rings (SSSR count). The minimum absolute atomic E-state index is 0.000484. The highest BCUT2D eigenvalue weighted by Gasteiger charge is 2.23. The Hall–Kier alpha value is -4.04. The molecule has 0 bridgehead atoms. The number of nitrogens with one attached hydrogen (secondary N) is 2. The lowest BCUT2D eigenvalue weighted by atomic mass is 9.96. The van der Waals surface area contributed by atoms with E-state index in [1.807, 2.05) is 24.4 Å². The van der Waals surface area contributed by atoms with Gasteiger partial charge in [-0.3, -0.25) is 4.79 Å². The first kappa shape index (κ1) is 24.3. The molecule has 0 spiro atoms. The zero-order valence-corrected chi connectivity index (χ0v) is 21.8. The number of benzene rings is 2. The number of fused-ring (bicyclic) bond motifs is 2. The summed E-state index contributed by atoms with van der Waals surface area (Å²) in [7, 11) is 1.62. The Morgan fingerprint density at radius 1 is 1.08 bits per heavy atom. The Balaban J connectivity index is 1.30. The first-order valence-electron chi connectivity index (χ1n) is 13.2. The quantitative estimate of drug-likeness (QED) is 0.420. The third-order valence-electron chi connectivity index (χ3n) is 7.60. The maximum Gasteiger partial charge on any atom is 0.251 e. The molecule has 0 aliphatic carbocycles. The number of carbonyl (C=O) groups excluding carboxylic acids is 1. The van der Waals surface area contributed by atoms with Crippen LogP contribution in [0.15, 0.2) is 55.0 Å². The number of aryl methyl sites for hydroxylation is 1. The molecular formula is C30H32N6O2. The predicted octanol–water partition coefficient (Wildman–Crippen LogP) is 4.05. The highest BCUT2D eigenvalue weighted by molar-refractivity contribution is 5.96. The molecule has 0 unspecified atom stereocenters. The number of hydrogen-bond acceptors (Lipinski definition) is 7. The first-order valence-corrected chi connectivity index (χ1v) is 13.2. The average Bonchev–Trinajstić information content (AvgIpc) is 2.97. The molecular weight excluding hydrogens is 476 g/mol.